The van der Waals surface area contributed by atoms with Crippen molar-refractivity contribution in [2.75, 3.05) is 13.7 Å². The fourth-order valence-corrected chi connectivity index (χ4v) is 2.15. The molecule has 1 aromatic carbocycles. The molecule has 0 fully saturated rings. The van der Waals surface area contributed by atoms with Crippen LogP contribution in [0.25, 0.3) is 0 Å². The zero-order valence-electron chi connectivity index (χ0n) is 11.9. The van der Waals surface area contributed by atoms with E-state index < -0.39 is 11.6 Å². The summed E-state index contributed by atoms with van der Waals surface area (Å²) >= 11 is 0. The van der Waals surface area contributed by atoms with Gasteiger partial charge in [-0.05, 0) is 30.7 Å². The predicted molar refractivity (Wildman–Crippen MR) is 75.1 cm³/mol. The summed E-state index contributed by atoms with van der Waals surface area (Å²) in [6.45, 7) is 2.66. The molecule has 0 spiro atoms. The van der Waals surface area contributed by atoms with Crippen molar-refractivity contribution >= 4 is 0 Å². The molecular formula is C15H17F2N3O. The van der Waals surface area contributed by atoms with Crippen LogP contribution in [-0.2, 0) is 6.42 Å². The summed E-state index contributed by atoms with van der Waals surface area (Å²) in [5.41, 5.74) is 1.28. The average Bonchev–Trinajstić information content (AvgIpc) is 2.46. The molecular weight excluding hydrogens is 276 g/mol. The Kier molecular flexibility index (Phi) is 5.16. The van der Waals surface area contributed by atoms with Gasteiger partial charge in [0.15, 0.2) is 0 Å². The zero-order chi connectivity index (χ0) is 15.2. The number of nitrogens with one attached hydrogen (secondary N) is 1. The number of nitrogens with zero attached hydrogens (tertiary/aromatic N) is 2. The third-order valence-corrected chi connectivity index (χ3v) is 3.04. The van der Waals surface area contributed by atoms with Gasteiger partial charge in [-0.2, -0.15) is 0 Å². The Bertz CT molecular complexity index is 587. The van der Waals surface area contributed by atoms with Crippen LogP contribution in [-0.4, -0.2) is 23.6 Å². The second kappa shape index (κ2) is 7.08. The van der Waals surface area contributed by atoms with Crippen molar-refractivity contribution in [2.24, 2.45) is 0 Å². The van der Waals surface area contributed by atoms with Gasteiger partial charge in [0.1, 0.15) is 18.0 Å². The molecule has 0 bridgehead atoms. The highest BCUT2D eigenvalue weighted by atomic mass is 19.1. The van der Waals surface area contributed by atoms with E-state index in [1.165, 1.54) is 25.6 Å². The van der Waals surface area contributed by atoms with Crippen LogP contribution in [0.4, 0.5) is 8.78 Å². The topological polar surface area (TPSA) is 47.0 Å². The maximum Gasteiger partial charge on any atom is 0.216 e. The first kappa shape index (κ1) is 15.3. The highest BCUT2D eigenvalue weighted by molar-refractivity contribution is 5.23. The first-order chi connectivity index (χ1) is 10.1. The molecule has 1 heterocycles. The number of halogens is 2. The Morgan fingerprint density at radius 3 is 2.48 bits per heavy atom. The summed E-state index contributed by atoms with van der Waals surface area (Å²) < 4.78 is 31.6. The number of hydrogen-bond donors (Lipinski definition) is 1. The highest BCUT2D eigenvalue weighted by Gasteiger charge is 2.15. The Hall–Kier alpha value is -2.08. The van der Waals surface area contributed by atoms with Crippen LogP contribution in [0.1, 0.15) is 24.2 Å². The molecule has 2 aromatic rings. The molecule has 6 heteroatoms. The van der Waals surface area contributed by atoms with Crippen LogP contribution < -0.4 is 10.1 Å². The van der Waals surface area contributed by atoms with Crippen molar-refractivity contribution in [1.29, 1.82) is 0 Å². The number of methoxy groups -OCH3 is 1. The molecule has 4 nitrogen and oxygen atoms in total. The molecule has 1 N–H and O–H groups in total. The zero-order valence-corrected chi connectivity index (χ0v) is 11.9. The van der Waals surface area contributed by atoms with Gasteiger partial charge < -0.3 is 10.1 Å². The third-order valence-electron chi connectivity index (χ3n) is 3.04. The lowest BCUT2D eigenvalue weighted by atomic mass is 10.0. The van der Waals surface area contributed by atoms with Gasteiger partial charge in [0.2, 0.25) is 5.88 Å². The van der Waals surface area contributed by atoms with Gasteiger partial charge in [-0.3, -0.25) is 0 Å². The van der Waals surface area contributed by atoms with E-state index in [2.05, 4.69) is 15.3 Å². The average molecular weight is 293 g/mol. The maximum atomic E-state index is 13.3. The SMILES string of the molecule is CCNC(Cc1cc(F)cc(F)c1)c1cc(OC)ncn1. The molecule has 1 aromatic heterocycles. The van der Waals surface area contributed by atoms with Crippen LogP contribution >= 0.6 is 0 Å². The van der Waals surface area contributed by atoms with Gasteiger partial charge >= 0.3 is 0 Å². The van der Waals surface area contributed by atoms with Crippen LogP contribution in [0.5, 0.6) is 5.88 Å². The van der Waals surface area contributed by atoms with Gasteiger partial charge in [0.25, 0.3) is 0 Å². The standard InChI is InChI=1S/C15H17F2N3O/c1-3-18-13(14-8-15(21-2)20-9-19-14)6-10-4-11(16)7-12(17)5-10/h4-5,7-9,13,18H,3,6H2,1-2H3. The summed E-state index contributed by atoms with van der Waals surface area (Å²) in [5, 5.41) is 3.25. The maximum absolute atomic E-state index is 13.3. The molecule has 0 aliphatic carbocycles. The summed E-state index contributed by atoms with van der Waals surface area (Å²) in [6.07, 6.45) is 1.83. The lowest BCUT2D eigenvalue weighted by molar-refractivity contribution is 0.393. The van der Waals surface area contributed by atoms with Crippen LogP contribution in [0.15, 0.2) is 30.6 Å². The molecule has 1 unspecified atom stereocenters. The number of ether oxygens (including phenoxy) is 1. The lowest BCUT2D eigenvalue weighted by Crippen LogP contribution is -2.24. The van der Waals surface area contributed by atoms with Crippen molar-refractivity contribution in [3.63, 3.8) is 0 Å². The number of benzene rings is 1. The molecule has 0 radical (unpaired) electrons. The van der Waals surface area contributed by atoms with Crippen molar-refractivity contribution in [3.8, 4) is 5.88 Å². The highest BCUT2D eigenvalue weighted by Crippen LogP contribution is 2.20. The Morgan fingerprint density at radius 1 is 1.14 bits per heavy atom. The fraction of sp³-hybridized carbons (Fsp3) is 0.333. The first-order valence-corrected chi connectivity index (χ1v) is 6.66. The number of aromatic nitrogens is 2. The molecule has 0 saturated carbocycles. The lowest BCUT2D eigenvalue weighted by Gasteiger charge is -2.18. The summed E-state index contributed by atoms with van der Waals surface area (Å²) in [6, 6.07) is 5.05. The van der Waals surface area contributed by atoms with Crippen molar-refractivity contribution in [1.82, 2.24) is 15.3 Å². The summed E-state index contributed by atoms with van der Waals surface area (Å²) in [7, 11) is 1.52. The predicted octanol–water partition coefficient (Wildman–Crippen LogP) is 2.66. The van der Waals surface area contributed by atoms with E-state index in [0.717, 1.165) is 6.07 Å². The third kappa shape index (κ3) is 4.19. The fourth-order valence-electron chi connectivity index (χ4n) is 2.15. The van der Waals surface area contributed by atoms with E-state index in [-0.39, 0.29) is 6.04 Å². The number of likely N-dealkylation sites (N-methyl/N-ethyl adjacent to an activating group) is 1. The second-order valence-electron chi connectivity index (χ2n) is 4.58. The van der Waals surface area contributed by atoms with E-state index >= 15 is 0 Å². The van der Waals surface area contributed by atoms with Gasteiger partial charge in [0, 0.05) is 12.1 Å². The largest absolute Gasteiger partial charge is 0.481 e. The van der Waals surface area contributed by atoms with E-state index in [0.29, 0.717) is 30.1 Å². The molecule has 0 aliphatic heterocycles. The van der Waals surface area contributed by atoms with Crippen LogP contribution in [0.2, 0.25) is 0 Å². The minimum atomic E-state index is -0.583. The minimum Gasteiger partial charge on any atom is -0.481 e. The van der Waals surface area contributed by atoms with Crippen LogP contribution in [0.3, 0.4) is 0 Å². The Balaban J connectivity index is 2.25. The van der Waals surface area contributed by atoms with E-state index in [1.807, 2.05) is 6.92 Å². The Labute approximate surface area is 122 Å². The molecule has 112 valence electrons. The van der Waals surface area contributed by atoms with E-state index in [9.17, 15) is 8.78 Å². The quantitative estimate of drug-likeness (QED) is 0.889. The minimum absolute atomic E-state index is 0.173. The van der Waals surface area contributed by atoms with Gasteiger partial charge in [-0.1, -0.05) is 6.92 Å². The van der Waals surface area contributed by atoms with Gasteiger partial charge in [-0.25, -0.2) is 18.7 Å². The van der Waals surface area contributed by atoms with Crippen LogP contribution in [0, 0.1) is 11.6 Å². The number of rotatable bonds is 6. The molecule has 0 aliphatic rings. The van der Waals surface area contributed by atoms with Crippen molar-refractivity contribution in [3.05, 3.63) is 53.5 Å². The van der Waals surface area contributed by atoms with Gasteiger partial charge in [0.05, 0.1) is 18.8 Å². The van der Waals surface area contributed by atoms with E-state index in [1.54, 1.807) is 6.07 Å². The normalized spacial score (nSPS) is 12.2. The molecule has 0 saturated heterocycles. The van der Waals surface area contributed by atoms with Gasteiger partial charge in [-0.15, -0.1) is 0 Å². The van der Waals surface area contributed by atoms with Crippen molar-refractivity contribution < 1.29 is 13.5 Å². The first-order valence-electron chi connectivity index (χ1n) is 6.66. The Morgan fingerprint density at radius 2 is 1.86 bits per heavy atom. The van der Waals surface area contributed by atoms with Crippen molar-refractivity contribution in [2.45, 2.75) is 19.4 Å². The summed E-state index contributed by atoms with van der Waals surface area (Å²) in [4.78, 5) is 8.16. The molecule has 2 rings (SSSR count). The smallest absolute Gasteiger partial charge is 0.216 e. The summed E-state index contributed by atoms with van der Waals surface area (Å²) in [5.74, 6) is -0.714. The molecule has 0 amide bonds. The monoisotopic (exact) mass is 293 g/mol. The van der Waals surface area contributed by atoms with E-state index in [4.69, 9.17) is 4.74 Å². The number of hydrogen-bond acceptors (Lipinski definition) is 4. The molecule has 1 atom stereocenters. The molecule has 21 heavy (non-hydrogen) atoms. The second-order valence-corrected chi connectivity index (χ2v) is 4.58.